The Bertz CT molecular complexity index is 1350. The summed E-state index contributed by atoms with van der Waals surface area (Å²) in [7, 11) is -1.53. The zero-order valence-electron chi connectivity index (χ0n) is 16.8. The zero-order valence-corrected chi connectivity index (χ0v) is 17.6. The van der Waals surface area contributed by atoms with E-state index in [1.165, 1.54) is 24.3 Å². The molecule has 0 spiro atoms. The molecule has 4 rings (SSSR count). The minimum atomic E-state index is -3.34. The number of benzene rings is 3. The van der Waals surface area contributed by atoms with Crippen molar-refractivity contribution in [3.63, 3.8) is 0 Å². The summed E-state index contributed by atoms with van der Waals surface area (Å²) in [5, 5.41) is 7.57. The van der Waals surface area contributed by atoms with E-state index in [9.17, 15) is 17.2 Å². The Morgan fingerprint density at radius 2 is 1.61 bits per heavy atom. The molecule has 0 radical (unpaired) electrons. The molecule has 158 valence electrons. The lowest BCUT2D eigenvalue weighted by atomic mass is 10.1. The summed E-state index contributed by atoms with van der Waals surface area (Å²) in [4.78, 5) is 0.192. The minimum Gasteiger partial charge on any atom is -0.388 e. The van der Waals surface area contributed by atoms with Crippen molar-refractivity contribution in [3.8, 4) is 28.2 Å². The molecular weight excluding hydrogens is 420 g/mol. The number of aromatic nitrogens is 2. The fourth-order valence-electron chi connectivity index (χ4n) is 3.26. The fraction of sp³-hybridized carbons (Fsp3) is 0.0870. The number of anilines is 1. The maximum atomic E-state index is 14.4. The number of hydrogen-bond acceptors (Lipinski definition) is 4. The second-order valence-corrected chi connectivity index (χ2v) is 9.04. The highest BCUT2D eigenvalue weighted by molar-refractivity contribution is 7.90. The molecule has 1 N–H and O–H groups in total. The Labute approximate surface area is 178 Å². The van der Waals surface area contributed by atoms with Gasteiger partial charge in [0.25, 0.3) is 0 Å². The van der Waals surface area contributed by atoms with Crippen LogP contribution in [0.4, 0.5) is 14.5 Å². The van der Waals surface area contributed by atoms with Gasteiger partial charge in [0.1, 0.15) is 0 Å². The molecule has 0 aliphatic heterocycles. The quantitative estimate of drug-likeness (QED) is 0.479. The number of sulfone groups is 1. The minimum absolute atomic E-state index is 0.0413. The molecule has 0 bridgehead atoms. The first-order chi connectivity index (χ1) is 14.8. The highest BCUT2D eigenvalue weighted by atomic mass is 32.2. The summed E-state index contributed by atoms with van der Waals surface area (Å²) in [6.45, 7) is 0. The molecule has 0 aliphatic carbocycles. The SMILES string of the molecule is CNc1ccc(-n2nc(-c3cccc(F)c3F)cc2-c2ccc(S(C)(=O)=O)cc2)cc1. The fourth-order valence-corrected chi connectivity index (χ4v) is 3.89. The molecule has 5 nitrogen and oxygen atoms in total. The summed E-state index contributed by atoms with van der Waals surface area (Å²) >= 11 is 0. The van der Waals surface area contributed by atoms with E-state index >= 15 is 0 Å². The van der Waals surface area contributed by atoms with Crippen molar-refractivity contribution in [2.75, 3.05) is 18.6 Å². The van der Waals surface area contributed by atoms with Crippen LogP contribution >= 0.6 is 0 Å². The summed E-state index contributed by atoms with van der Waals surface area (Å²) < 4.78 is 53.4. The van der Waals surface area contributed by atoms with Crippen LogP contribution in [0.15, 0.2) is 77.7 Å². The molecule has 0 aliphatic rings. The van der Waals surface area contributed by atoms with Gasteiger partial charge >= 0.3 is 0 Å². The van der Waals surface area contributed by atoms with Gasteiger partial charge in [-0.3, -0.25) is 0 Å². The first-order valence-corrected chi connectivity index (χ1v) is 11.3. The summed E-state index contributed by atoms with van der Waals surface area (Å²) in [5.74, 6) is -1.93. The van der Waals surface area contributed by atoms with Gasteiger partial charge < -0.3 is 5.32 Å². The van der Waals surface area contributed by atoms with Gasteiger partial charge in [0, 0.05) is 30.1 Å². The average Bonchev–Trinajstić information content (AvgIpc) is 3.20. The third kappa shape index (κ3) is 4.06. The van der Waals surface area contributed by atoms with Crippen LogP contribution < -0.4 is 5.32 Å². The maximum absolute atomic E-state index is 14.4. The number of rotatable bonds is 5. The Kier molecular flexibility index (Phi) is 5.32. The van der Waals surface area contributed by atoms with Crippen LogP contribution in [0.2, 0.25) is 0 Å². The van der Waals surface area contributed by atoms with E-state index in [0.717, 1.165) is 18.0 Å². The second kappa shape index (κ2) is 7.96. The lowest BCUT2D eigenvalue weighted by Crippen LogP contribution is -2.01. The largest absolute Gasteiger partial charge is 0.388 e. The van der Waals surface area contributed by atoms with E-state index < -0.39 is 21.5 Å². The van der Waals surface area contributed by atoms with Crippen molar-refractivity contribution >= 4 is 15.5 Å². The van der Waals surface area contributed by atoms with Gasteiger partial charge in [-0.05, 0) is 54.6 Å². The van der Waals surface area contributed by atoms with Crippen molar-refractivity contribution in [2.45, 2.75) is 4.90 Å². The Hall–Kier alpha value is -3.52. The van der Waals surface area contributed by atoms with E-state index in [4.69, 9.17) is 0 Å². The van der Waals surface area contributed by atoms with Crippen molar-refractivity contribution in [2.24, 2.45) is 0 Å². The lowest BCUT2D eigenvalue weighted by Gasteiger charge is -2.09. The van der Waals surface area contributed by atoms with Gasteiger partial charge in [0.05, 0.1) is 22.0 Å². The van der Waals surface area contributed by atoms with Crippen LogP contribution in [-0.2, 0) is 9.84 Å². The predicted octanol–water partition coefficient (Wildman–Crippen LogP) is 4.93. The molecule has 1 heterocycles. The van der Waals surface area contributed by atoms with E-state index in [2.05, 4.69) is 10.4 Å². The monoisotopic (exact) mass is 439 g/mol. The van der Waals surface area contributed by atoms with E-state index in [0.29, 0.717) is 16.9 Å². The molecule has 0 saturated heterocycles. The van der Waals surface area contributed by atoms with Gasteiger partial charge in [-0.2, -0.15) is 5.10 Å². The van der Waals surface area contributed by atoms with Gasteiger partial charge in [0.15, 0.2) is 21.5 Å². The zero-order chi connectivity index (χ0) is 22.2. The topological polar surface area (TPSA) is 64.0 Å². The molecule has 0 atom stereocenters. The number of hydrogen-bond donors (Lipinski definition) is 1. The number of nitrogens with one attached hydrogen (secondary N) is 1. The van der Waals surface area contributed by atoms with E-state index in [1.807, 2.05) is 31.3 Å². The third-order valence-corrected chi connectivity index (χ3v) is 6.04. The summed E-state index contributed by atoms with van der Waals surface area (Å²) in [6.07, 6.45) is 1.14. The molecule has 1 aromatic heterocycles. The maximum Gasteiger partial charge on any atom is 0.175 e. The van der Waals surface area contributed by atoms with E-state index in [1.54, 1.807) is 22.9 Å². The normalized spacial score (nSPS) is 11.5. The van der Waals surface area contributed by atoms with Crippen molar-refractivity contribution in [1.82, 2.24) is 9.78 Å². The molecule has 31 heavy (non-hydrogen) atoms. The Morgan fingerprint density at radius 3 is 2.23 bits per heavy atom. The summed E-state index contributed by atoms with van der Waals surface area (Å²) in [5.41, 5.74) is 3.21. The van der Waals surface area contributed by atoms with Crippen LogP contribution in [-0.4, -0.2) is 31.5 Å². The van der Waals surface area contributed by atoms with Crippen LogP contribution in [0.5, 0.6) is 0 Å². The molecule has 8 heteroatoms. The molecule has 0 unspecified atom stereocenters. The first-order valence-electron chi connectivity index (χ1n) is 9.41. The van der Waals surface area contributed by atoms with E-state index in [-0.39, 0.29) is 16.2 Å². The summed E-state index contributed by atoms with van der Waals surface area (Å²) in [6, 6.07) is 19.4. The molecule has 3 aromatic carbocycles. The van der Waals surface area contributed by atoms with Crippen molar-refractivity contribution in [1.29, 1.82) is 0 Å². The van der Waals surface area contributed by atoms with Crippen LogP contribution in [0.1, 0.15) is 0 Å². The average molecular weight is 439 g/mol. The first kappa shape index (κ1) is 20.7. The van der Waals surface area contributed by atoms with Gasteiger partial charge in [0.2, 0.25) is 0 Å². The number of halogens is 2. The molecule has 0 saturated carbocycles. The molecule has 4 aromatic rings. The van der Waals surface area contributed by atoms with Gasteiger partial charge in [-0.15, -0.1) is 0 Å². The highest BCUT2D eigenvalue weighted by Gasteiger charge is 2.18. The smallest absolute Gasteiger partial charge is 0.175 e. The molecular formula is C23H19F2N3O2S. The highest BCUT2D eigenvalue weighted by Crippen LogP contribution is 2.31. The standard InChI is InChI=1S/C23H19F2N3O2S/c1-26-16-8-10-17(11-9-16)28-22(15-6-12-18(13-7-15)31(2,29)30)14-21(27-28)19-4-3-5-20(24)23(19)25/h3-14,26H,1-2H3. The van der Waals surface area contributed by atoms with Crippen molar-refractivity contribution in [3.05, 3.63) is 84.4 Å². The second-order valence-electron chi connectivity index (χ2n) is 7.02. The third-order valence-electron chi connectivity index (χ3n) is 4.92. The Morgan fingerprint density at radius 1 is 0.935 bits per heavy atom. The predicted molar refractivity (Wildman–Crippen MR) is 117 cm³/mol. The van der Waals surface area contributed by atoms with Gasteiger partial charge in [-0.25, -0.2) is 21.9 Å². The molecule has 0 fully saturated rings. The lowest BCUT2D eigenvalue weighted by molar-refractivity contribution is 0.511. The number of nitrogens with zero attached hydrogens (tertiary/aromatic N) is 2. The van der Waals surface area contributed by atoms with Crippen LogP contribution in [0.3, 0.4) is 0 Å². The van der Waals surface area contributed by atoms with Crippen LogP contribution in [0.25, 0.3) is 28.2 Å². The van der Waals surface area contributed by atoms with Crippen molar-refractivity contribution < 1.29 is 17.2 Å². The van der Waals surface area contributed by atoms with Gasteiger partial charge in [-0.1, -0.05) is 18.2 Å². The van der Waals surface area contributed by atoms with Crippen LogP contribution in [0, 0.1) is 11.6 Å². The molecule has 0 amide bonds. The Balaban J connectivity index is 1.89.